The Morgan fingerprint density at radius 1 is 0.400 bits per heavy atom. The topological polar surface area (TPSA) is 217 Å². The third kappa shape index (κ3) is 45.5. The summed E-state index contributed by atoms with van der Waals surface area (Å²) >= 11 is 4.78. The second-order valence-corrected chi connectivity index (χ2v) is 6.23. The SMILES string of the molecule is O=C(O)C(=O)I.O=C(O)C(=O)I.O=C(O)C(=O)I.O=C(O)C(=O)I.[Zr]. The van der Waals surface area contributed by atoms with Crippen molar-refractivity contribution in [3.63, 3.8) is 0 Å². The van der Waals surface area contributed by atoms with Gasteiger partial charge in [-0.25, -0.2) is 19.2 Å². The van der Waals surface area contributed by atoms with Crippen LogP contribution >= 0.6 is 90.4 Å². The number of carbonyl (C=O) groups excluding carboxylic acids is 4. The predicted octanol–water partition coefficient (Wildman–Crippen LogP) is 0.128. The summed E-state index contributed by atoms with van der Waals surface area (Å²) in [7, 11) is 0. The fraction of sp³-hybridized carbons (Fsp3) is 0. The monoisotopic (exact) mass is 889 g/mol. The number of carboxylic acid groups (broad SMARTS) is 4. The van der Waals surface area contributed by atoms with Crippen LogP contribution in [-0.2, 0) is 64.6 Å². The first-order valence-corrected chi connectivity index (χ1v) is 8.60. The molecule has 0 rings (SSSR count). The summed E-state index contributed by atoms with van der Waals surface area (Å²) in [5, 5.41) is 30.5. The van der Waals surface area contributed by atoms with Crippen molar-refractivity contribution in [2.45, 2.75) is 0 Å². The Bertz CT molecular complexity index is 401. The molecule has 0 atom stereocenters. The zero-order valence-electron chi connectivity index (χ0n) is 11.1. The molecule has 0 unspecified atom stereocenters. The van der Waals surface area contributed by atoms with Gasteiger partial charge in [-0.15, -0.1) is 0 Å². The number of carboxylic acids is 4. The fourth-order valence-electron chi connectivity index (χ4n) is 0. The zero-order valence-corrected chi connectivity index (χ0v) is 22.2. The van der Waals surface area contributed by atoms with Gasteiger partial charge in [0.25, 0.3) is 15.2 Å². The van der Waals surface area contributed by atoms with Crippen LogP contribution in [0.3, 0.4) is 0 Å². The van der Waals surface area contributed by atoms with Crippen LogP contribution in [0.4, 0.5) is 0 Å². The first kappa shape index (κ1) is 36.3. The second-order valence-electron chi connectivity index (χ2n) is 2.32. The average molecular weight is 891 g/mol. The molecule has 0 bridgehead atoms. The minimum Gasteiger partial charge on any atom is -0.475 e. The molecule has 140 valence electrons. The molecular weight excluding hydrogens is 887 g/mol. The number of carbonyl (C=O) groups is 8. The van der Waals surface area contributed by atoms with Gasteiger partial charge in [0.2, 0.25) is 0 Å². The van der Waals surface area contributed by atoms with Gasteiger partial charge < -0.3 is 20.4 Å². The van der Waals surface area contributed by atoms with E-state index in [1.165, 1.54) is 90.4 Å². The van der Waals surface area contributed by atoms with Crippen LogP contribution in [0.1, 0.15) is 0 Å². The normalized spacial score (nSPS) is 7.20. The van der Waals surface area contributed by atoms with Crippen LogP contribution < -0.4 is 0 Å². The van der Waals surface area contributed by atoms with E-state index in [9.17, 15) is 38.4 Å². The quantitative estimate of drug-likeness (QED) is 0.168. The molecule has 0 aromatic rings. The second kappa shape index (κ2) is 22.4. The van der Waals surface area contributed by atoms with E-state index in [1.54, 1.807) is 0 Å². The first-order chi connectivity index (χ1) is 10.6. The van der Waals surface area contributed by atoms with Crippen LogP contribution in [0.25, 0.3) is 0 Å². The summed E-state index contributed by atoms with van der Waals surface area (Å²) in [5.41, 5.74) is 0. The largest absolute Gasteiger partial charge is 0.475 e. The molecular formula is C8H4I4O12Zr. The van der Waals surface area contributed by atoms with Gasteiger partial charge in [0.05, 0.1) is 0 Å². The van der Waals surface area contributed by atoms with Gasteiger partial charge in [0.15, 0.2) is 0 Å². The van der Waals surface area contributed by atoms with Crippen molar-refractivity contribution in [3.8, 4) is 0 Å². The van der Waals surface area contributed by atoms with Crippen molar-refractivity contribution < 1.29 is 85.0 Å². The van der Waals surface area contributed by atoms with E-state index in [0.29, 0.717) is 0 Å². The zero-order chi connectivity index (χ0) is 20.6. The summed E-state index contributed by atoms with van der Waals surface area (Å²) in [4.78, 5) is 75.5. The number of hydrogen-bond acceptors (Lipinski definition) is 8. The molecule has 0 aliphatic heterocycles. The summed E-state index contributed by atoms with van der Waals surface area (Å²) in [6.45, 7) is 0. The minimum atomic E-state index is -1.39. The molecule has 0 aliphatic carbocycles. The first-order valence-electron chi connectivity index (χ1n) is 4.28. The number of rotatable bonds is 4. The van der Waals surface area contributed by atoms with Crippen LogP contribution in [0, 0.1) is 0 Å². The Hall–Kier alpha value is 0.363. The van der Waals surface area contributed by atoms with E-state index >= 15 is 0 Å². The third-order valence-electron chi connectivity index (χ3n) is 0.673. The van der Waals surface area contributed by atoms with Crippen molar-refractivity contribution in [1.29, 1.82) is 0 Å². The third-order valence-corrected chi connectivity index (χ3v) is 2.52. The number of hydrogen-bond donors (Lipinski definition) is 4. The van der Waals surface area contributed by atoms with E-state index in [4.69, 9.17) is 20.4 Å². The Morgan fingerprint density at radius 3 is 0.440 bits per heavy atom. The van der Waals surface area contributed by atoms with Gasteiger partial charge in [-0.2, -0.15) is 0 Å². The van der Waals surface area contributed by atoms with Crippen molar-refractivity contribution in [2.24, 2.45) is 0 Å². The van der Waals surface area contributed by atoms with Crippen molar-refractivity contribution >= 4 is 129 Å². The van der Waals surface area contributed by atoms with Gasteiger partial charge >= 0.3 is 23.9 Å². The van der Waals surface area contributed by atoms with E-state index in [0.717, 1.165) is 0 Å². The maximum absolute atomic E-state index is 9.53. The molecule has 0 radical (unpaired) electrons. The van der Waals surface area contributed by atoms with Gasteiger partial charge in [-0.1, -0.05) is 0 Å². The summed E-state index contributed by atoms with van der Waals surface area (Å²) in [6, 6.07) is 0. The van der Waals surface area contributed by atoms with Gasteiger partial charge in [-0.05, 0) is 0 Å². The Morgan fingerprint density at radius 2 is 0.440 bits per heavy atom. The predicted molar refractivity (Wildman–Crippen MR) is 107 cm³/mol. The summed E-state index contributed by atoms with van der Waals surface area (Å²) in [6.07, 6.45) is 0. The van der Waals surface area contributed by atoms with Crippen LogP contribution in [0.2, 0.25) is 0 Å². The van der Waals surface area contributed by atoms with E-state index in [-0.39, 0.29) is 26.2 Å². The van der Waals surface area contributed by atoms with Crippen molar-refractivity contribution in [3.05, 3.63) is 0 Å². The maximum Gasteiger partial charge on any atom is 0.382 e. The minimum absolute atomic E-state index is 0. The molecule has 0 aromatic heterocycles. The Balaban J connectivity index is -0.0000000702. The standard InChI is InChI=1S/4C2HIO3.Zr/c4*3-1(4)2(5)6;/h4*(H,5,6);. The molecule has 0 aromatic carbocycles. The summed E-state index contributed by atoms with van der Waals surface area (Å²) < 4.78 is -3.42. The molecule has 12 nitrogen and oxygen atoms in total. The molecule has 0 amide bonds. The molecule has 0 saturated carbocycles. The maximum atomic E-state index is 9.53. The molecule has 0 saturated heterocycles. The van der Waals surface area contributed by atoms with E-state index in [2.05, 4.69) is 0 Å². The Kier molecular flexibility index (Phi) is 32.5. The average Bonchev–Trinajstić information content (AvgIpc) is 2.40. The van der Waals surface area contributed by atoms with E-state index in [1.807, 2.05) is 0 Å². The van der Waals surface area contributed by atoms with Crippen LogP contribution in [-0.4, -0.2) is 59.5 Å². The van der Waals surface area contributed by atoms with E-state index < -0.39 is 39.0 Å². The van der Waals surface area contributed by atoms with Gasteiger partial charge in [0.1, 0.15) is 0 Å². The molecule has 4 N–H and O–H groups in total. The molecule has 0 fully saturated rings. The van der Waals surface area contributed by atoms with Gasteiger partial charge in [-0.3, -0.25) is 19.2 Å². The number of halogens is 4. The van der Waals surface area contributed by atoms with Crippen LogP contribution in [0.15, 0.2) is 0 Å². The number of aliphatic carboxylic acids is 4. The summed E-state index contributed by atoms with van der Waals surface area (Å²) in [5.74, 6) is -5.57. The van der Waals surface area contributed by atoms with Crippen molar-refractivity contribution in [1.82, 2.24) is 0 Å². The molecule has 0 heterocycles. The molecule has 0 spiro atoms. The Labute approximate surface area is 211 Å². The fourth-order valence-corrected chi connectivity index (χ4v) is 0. The van der Waals surface area contributed by atoms with Gasteiger partial charge in [0, 0.05) is 117 Å². The smallest absolute Gasteiger partial charge is 0.382 e. The van der Waals surface area contributed by atoms with Crippen LogP contribution in [0.5, 0.6) is 0 Å². The van der Waals surface area contributed by atoms with Crippen molar-refractivity contribution in [2.75, 3.05) is 0 Å². The molecule has 0 aliphatic rings. The molecule has 17 heteroatoms. The molecule has 25 heavy (non-hydrogen) atoms.